The number of hydrogen-bond acceptors (Lipinski definition) is 6. The van der Waals surface area contributed by atoms with Gasteiger partial charge in [0.15, 0.2) is 5.16 Å². The zero-order chi connectivity index (χ0) is 23.9. The summed E-state index contributed by atoms with van der Waals surface area (Å²) in [5.74, 6) is -1.16. The van der Waals surface area contributed by atoms with Crippen molar-refractivity contribution < 1.29 is 14.0 Å². The number of thiophene rings is 1. The third-order valence-electron chi connectivity index (χ3n) is 5.94. The Morgan fingerprint density at radius 2 is 1.88 bits per heavy atom. The summed E-state index contributed by atoms with van der Waals surface area (Å²) in [6, 6.07) is 5.09. The monoisotopic (exact) mass is 487 g/mol. The molecule has 2 amide bonds. The smallest absolute Gasteiger partial charge is 0.263 e. The van der Waals surface area contributed by atoms with Gasteiger partial charge in [0, 0.05) is 23.0 Å². The van der Waals surface area contributed by atoms with E-state index in [9.17, 15) is 18.8 Å². The van der Waals surface area contributed by atoms with Crippen LogP contribution in [0.25, 0.3) is 10.2 Å². The number of fused-ring (bicyclic) bond motifs is 1. The first-order valence-electron chi connectivity index (χ1n) is 11.0. The lowest BCUT2D eigenvalue weighted by molar-refractivity contribution is -0.127. The van der Waals surface area contributed by atoms with Crippen LogP contribution in [0.1, 0.15) is 60.0 Å². The molecule has 0 radical (unpaired) electrons. The number of benzene rings is 1. The molecule has 3 aromatic rings. The van der Waals surface area contributed by atoms with Gasteiger partial charge in [-0.15, -0.1) is 11.3 Å². The fraction of sp³-hybridized carbons (Fsp3) is 0.417. The second-order valence-corrected chi connectivity index (χ2v) is 10.9. The Kier molecular flexibility index (Phi) is 6.72. The minimum atomic E-state index is -0.534. The van der Waals surface area contributed by atoms with Crippen molar-refractivity contribution in [3.05, 3.63) is 56.4 Å². The van der Waals surface area contributed by atoms with E-state index in [0.29, 0.717) is 34.8 Å². The van der Waals surface area contributed by atoms with Crippen LogP contribution < -0.4 is 5.56 Å². The molecule has 0 bridgehead atoms. The van der Waals surface area contributed by atoms with E-state index in [1.165, 1.54) is 52.3 Å². The van der Waals surface area contributed by atoms with Gasteiger partial charge in [0.1, 0.15) is 10.6 Å². The molecule has 1 fully saturated rings. The highest BCUT2D eigenvalue weighted by Gasteiger charge is 2.33. The molecule has 1 aliphatic rings. The second-order valence-electron chi connectivity index (χ2n) is 8.53. The number of amides is 2. The molecule has 1 aromatic carbocycles. The first-order valence-corrected chi connectivity index (χ1v) is 12.7. The number of thioether (sulfide) groups is 1. The maximum Gasteiger partial charge on any atom is 0.263 e. The van der Waals surface area contributed by atoms with Gasteiger partial charge in [0.2, 0.25) is 5.91 Å². The standard InChI is InChI=1S/C24H26FN3O3S2/c1-13(2)28-23(31)19-14(3)15(4)32-20(19)26-24(28)33-18-7-5-6-12-27(22(18)30)21(29)16-8-10-17(25)11-9-16/h8-11,13,18H,5-7,12H2,1-4H3/t18-/m0/s1. The quantitative estimate of drug-likeness (QED) is 0.378. The average Bonchev–Trinajstić information content (AvgIpc) is 2.93. The number of rotatable bonds is 4. The van der Waals surface area contributed by atoms with Crippen molar-refractivity contribution in [3.8, 4) is 0 Å². The Hall–Kier alpha value is -2.52. The van der Waals surface area contributed by atoms with Gasteiger partial charge >= 0.3 is 0 Å². The number of imide groups is 1. The van der Waals surface area contributed by atoms with E-state index in [1.54, 1.807) is 4.57 Å². The number of halogens is 1. The van der Waals surface area contributed by atoms with Crippen molar-refractivity contribution in [2.75, 3.05) is 6.54 Å². The van der Waals surface area contributed by atoms with Gasteiger partial charge in [-0.1, -0.05) is 18.2 Å². The molecule has 1 aliphatic heterocycles. The van der Waals surface area contributed by atoms with Gasteiger partial charge < -0.3 is 0 Å². The lowest BCUT2D eigenvalue weighted by Crippen LogP contribution is -2.41. The summed E-state index contributed by atoms with van der Waals surface area (Å²) in [7, 11) is 0. The topological polar surface area (TPSA) is 72.3 Å². The Bertz CT molecular complexity index is 1280. The minimum Gasteiger partial charge on any atom is -0.284 e. The van der Waals surface area contributed by atoms with Crippen molar-refractivity contribution in [1.82, 2.24) is 14.5 Å². The lowest BCUT2D eigenvalue weighted by atomic mass is 10.2. The number of aryl methyl sites for hydroxylation is 2. The second kappa shape index (κ2) is 9.38. The van der Waals surface area contributed by atoms with E-state index in [-0.39, 0.29) is 23.1 Å². The van der Waals surface area contributed by atoms with Crippen LogP contribution >= 0.6 is 23.1 Å². The predicted molar refractivity (Wildman–Crippen MR) is 130 cm³/mol. The highest BCUT2D eigenvalue weighted by molar-refractivity contribution is 8.00. The molecule has 1 atom stereocenters. The number of likely N-dealkylation sites (tertiary alicyclic amines) is 1. The molecule has 6 nitrogen and oxygen atoms in total. The number of hydrogen-bond donors (Lipinski definition) is 0. The molecular formula is C24H26FN3O3S2. The van der Waals surface area contributed by atoms with Crippen LogP contribution in [0.3, 0.4) is 0 Å². The molecule has 1 saturated heterocycles. The summed E-state index contributed by atoms with van der Waals surface area (Å²) in [6.07, 6.45) is 2.07. The Morgan fingerprint density at radius 1 is 1.18 bits per heavy atom. The highest BCUT2D eigenvalue weighted by atomic mass is 32.2. The Balaban J connectivity index is 1.70. The first kappa shape index (κ1) is 23.6. The SMILES string of the molecule is Cc1sc2nc(S[C@H]3CCCCN(C(=O)c4ccc(F)cc4)C3=O)n(C(C)C)c(=O)c2c1C. The Labute approximate surface area is 199 Å². The third-order valence-corrected chi connectivity index (χ3v) is 8.26. The van der Waals surface area contributed by atoms with Gasteiger partial charge in [0.25, 0.3) is 11.5 Å². The van der Waals surface area contributed by atoms with Crippen LogP contribution in [0.2, 0.25) is 0 Å². The van der Waals surface area contributed by atoms with Crippen molar-refractivity contribution in [3.63, 3.8) is 0 Å². The fourth-order valence-electron chi connectivity index (χ4n) is 4.02. The minimum absolute atomic E-state index is 0.0975. The molecule has 0 aliphatic carbocycles. The molecule has 3 heterocycles. The zero-order valence-electron chi connectivity index (χ0n) is 19.1. The van der Waals surface area contributed by atoms with Crippen molar-refractivity contribution in [1.29, 1.82) is 0 Å². The molecule has 4 rings (SSSR count). The first-order chi connectivity index (χ1) is 15.7. The van der Waals surface area contributed by atoms with E-state index in [2.05, 4.69) is 0 Å². The van der Waals surface area contributed by atoms with Gasteiger partial charge in [0.05, 0.1) is 10.6 Å². The normalized spacial score (nSPS) is 17.1. The summed E-state index contributed by atoms with van der Waals surface area (Å²) in [6.45, 7) is 8.07. The van der Waals surface area contributed by atoms with E-state index in [1.807, 2.05) is 27.7 Å². The molecular weight excluding hydrogens is 461 g/mol. The summed E-state index contributed by atoms with van der Waals surface area (Å²) in [5, 5.41) is 0.599. The van der Waals surface area contributed by atoms with Crippen molar-refractivity contribution in [2.45, 2.75) is 63.4 Å². The number of nitrogens with zero attached hydrogens (tertiary/aromatic N) is 3. The maximum atomic E-state index is 13.4. The lowest BCUT2D eigenvalue weighted by Gasteiger charge is -2.23. The van der Waals surface area contributed by atoms with E-state index in [0.717, 1.165) is 16.9 Å². The number of carbonyl (C=O) groups is 2. The largest absolute Gasteiger partial charge is 0.284 e. The molecule has 0 unspecified atom stereocenters. The van der Waals surface area contributed by atoms with Gasteiger partial charge in [-0.2, -0.15) is 0 Å². The summed E-state index contributed by atoms with van der Waals surface area (Å²) < 4.78 is 14.9. The van der Waals surface area contributed by atoms with Crippen molar-refractivity contribution in [2.24, 2.45) is 0 Å². The fourth-order valence-corrected chi connectivity index (χ4v) is 6.42. The predicted octanol–water partition coefficient (Wildman–Crippen LogP) is 5.11. The van der Waals surface area contributed by atoms with Gasteiger partial charge in [-0.05, 0) is 70.4 Å². The van der Waals surface area contributed by atoms with Crippen LogP contribution in [0.15, 0.2) is 34.2 Å². The number of carbonyl (C=O) groups excluding carboxylic acids is 2. The summed E-state index contributed by atoms with van der Waals surface area (Å²) in [5.41, 5.74) is 1.12. The van der Waals surface area contributed by atoms with Crippen LogP contribution in [0.4, 0.5) is 4.39 Å². The third kappa shape index (κ3) is 4.48. The maximum absolute atomic E-state index is 13.4. The van der Waals surface area contributed by atoms with Crippen LogP contribution in [-0.4, -0.2) is 38.1 Å². The van der Waals surface area contributed by atoms with E-state index < -0.39 is 17.0 Å². The molecule has 9 heteroatoms. The Morgan fingerprint density at radius 3 is 2.55 bits per heavy atom. The van der Waals surface area contributed by atoms with E-state index >= 15 is 0 Å². The van der Waals surface area contributed by atoms with Gasteiger partial charge in [-0.3, -0.25) is 23.9 Å². The average molecular weight is 488 g/mol. The summed E-state index contributed by atoms with van der Waals surface area (Å²) >= 11 is 2.74. The molecule has 0 saturated carbocycles. The molecule has 0 spiro atoms. The van der Waals surface area contributed by atoms with Crippen LogP contribution in [0, 0.1) is 19.7 Å². The zero-order valence-corrected chi connectivity index (χ0v) is 20.7. The van der Waals surface area contributed by atoms with Crippen LogP contribution in [0.5, 0.6) is 0 Å². The van der Waals surface area contributed by atoms with Gasteiger partial charge in [-0.25, -0.2) is 9.37 Å². The molecule has 33 heavy (non-hydrogen) atoms. The van der Waals surface area contributed by atoms with Crippen molar-refractivity contribution >= 4 is 45.1 Å². The van der Waals surface area contributed by atoms with E-state index in [4.69, 9.17) is 4.98 Å². The molecule has 0 N–H and O–H groups in total. The van der Waals surface area contributed by atoms with Crippen LogP contribution in [-0.2, 0) is 4.79 Å². The highest BCUT2D eigenvalue weighted by Crippen LogP contribution is 2.34. The molecule has 2 aromatic heterocycles. The summed E-state index contributed by atoms with van der Waals surface area (Å²) in [4.78, 5) is 47.5. The molecule has 174 valence electrons. The number of aromatic nitrogens is 2.